The number of ketones is 1. The van der Waals surface area contributed by atoms with E-state index in [9.17, 15) is 36.9 Å². The van der Waals surface area contributed by atoms with Gasteiger partial charge in [0.15, 0.2) is 5.78 Å². The van der Waals surface area contributed by atoms with Crippen molar-refractivity contribution in [3.05, 3.63) is 95.1 Å². The molecule has 228 valence electrons. The number of anilines is 1. The number of benzene rings is 3. The van der Waals surface area contributed by atoms with Gasteiger partial charge in [-0.1, -0.05) is 31.2 Å². The number of aliphatic hydroxyl groups is 1. The molecule has 2 unspecified atom stereocenters. The summed E-state index contributed by atoms with van der Waals surface area (Å²) in [5, 5.41) is 12.3. The summed E-state index contributed by atoms with van der Waals surface area (Å²) in [4.78, 5) is 39.5. The predicted octanol–water partition coefficient (Wildman–Crippen LogP) is 5.55. The van der Waals surface area contributed by atoms with Crippen LogP contribution in [0.15, 0.2) is 77.7 Å². The minimum Gasteiger partial charge on any atom is -0.394 e. The fourth-order valence-corrected chi connectivity index (χ4v) is 6.17. The first kappa shape index (κ1) is 32.1. The number of amides is 1. The van der Waals surface area contributed by atoms with Crippen LogP contribution in [0.3, 0.4) is 0 Å². The zero-order valence-corrected chi connectivity index (χ0v) is 24.6. The Balaban J connectivity index is 1.47. The predicted molar refractivity (Wildman–Crippen MR) is 157 cm³/mol. The number of carbonyl (C=O) groups excluding carboxylic acids is 3. The van der Waals surface area contributed by atoms with Crippen molar-refractivity contribution in [1.82, 2.24) is 5.32 Å². The molecule has 0 aromatic heterocycles. The van der Waals surface area contributed by atoms with Gasteiger partial charge in [-0.05, 0) is 79.4 Å². The highest BCUT2D eigenvalue weighted by Crippen LogP contribution is 2.36. The van der Waals surface area contributed by atoms with Gasteiger partial charge in [0.25, 0.3) is 5.91 Å². The highest BCUT2D eigenvalue weighted by atomic mass is 32.2. The number of alkyl halides is 3. The molecule has 0 saturated carbocycles. The van der Waals surface area contributed by atoms with E-state index in [4.69, 9.17) is 0 Å². The van der Waals surface area contributed by atoms with E-state index in [-0.39, 0.29) is 24.7 Å². The number of aliphatic hydroxyl groups excluding tert-OH is 1. The first-order valence-electron chi connectivity index (χ1n) is 13.9. The Labute approximate surface area is 250 Å². The second-order valence-corrected chi connectivity index (χ2v) is 12.0. The Morgan fingerprint density at radius 1 is 0.977 bits per heavy atom. The maximum absolute atomic E-state index is 13.0. The Kier molecular flexibility index (Phi) is 10.2. The number of hydrogen-bond acceptors (Lipinski definition) is 6. The molecule has 3 aromatic carbocycles. The molecule has 3 aromatic rings. The third-order valence-corrected chi connectivity index (χ3v) is 9.10. The number of halogens is 3. The van der Waals surface area contributed by atoms with Crippen molar-refractivity contribution in [2.24, 2.45) is 0 Å². The zero-order chi connectivity index (χ0) is 31.3. The highest BCUT2D eigenvalue weighted by Gasteiger charge is 2.34. The summed E-state index contributed by atoms with van der Waals surface area (Å²) in [7, 11) is -1.77. The Hall–Kier alpha value is -3.83. The van der Waals surface area contributed by atoms with Gasteiger partial charge in [-0.25, -0.2) is 4.21 Å². The molecule has 1 fully saturated rings. The summed E-state index contributed by atoms with van der Waals surface area (Å²) in [6.45, 7) is 3.18. The fourth-order valence-electron chi connectivity index (χ4n) is 5.26. The molecule has 7 nitrogen and oxygen atoms in total. The molecule has 11 heteroatoms. The first-order chi connectivity index (χ1) is 20.4. The molecule has 1 saturated heterocycles. The minimum atomic E-state index is -4.41. The normalized spacial score (nSPS) is 18.5. The number of nitrogens with zero attached hydrogens (tertiary/aromatic N) is 1. The van der Waals surface area contributed by atoms with E-state index < -0.39 is 45.6 Å². The van der Waals surface area contributed by atoms with Gasteiger partial charge in [-0.2, -0.15) is 13.2 Å². The van der Waals surface area contributed by atoms with Crippen LogP contribution in [-0.4, -0.2) is 45.3 Å². The van der Waals surface area contributed by atoms with Crippen LogP contribution in [0.25, 0.3) is 0 Å². The fraction of sp³-hybridized carbons (Fsp3) is 0.344. The molecule has 4 atom stereocenters. The average molecular weight is 615 g/mol. The number of carbonyl (C=O) groups is 3. The van der Waals surface area contributed by atoms with Crippen LogP contribution in [0, 0.1) is 0 Å². The van der Waals surface area contributed by atoms with E-state index in [1.165, 1.54) is 31.2 Å². The lowest BCUT2D eigenvalue weighted by molar-refractivity contribution is -0.137. The van der Waals surface area contributed by atoms with E-state index >= 15 is 0 Å². The summed E-state index contributed by atoms with van der Waals surface area (Å²) < 4.78 is 51.3. The number of Topliss-reactive ketones (excluding diaryl/α,β-unsaturated/α-hetero) is 1. The van der Waals surface area contributed by atoms with Gasteiger partial charge in [0, 0.05) is 35.0 Å². The molecule has 43 heavy (non-hydrogen) atoms. The maximum atomic E-state index is 13.0. The molecule has 1 aliphatic rings. The van der Waals surface area contributed by atoms with Crippen LogP contribution in [0.5, 0.6) is 0 Å². The summed E-state index contributed by atoms with van der Waals surface area (Å²) in [5.41, 5.74) is 1.66. The van der Waals surface area contributed by atoms with E-state index in [1.54, 1.807) is 43.3 Å². The molecule has 2 N–H and O–H groups in total. The molecular weight excluding hydrogens is 581 g/mol. The zero-order valence-electron chi connectivity index (χ0n) is 23.8. The molecule has 0 bridgehead atoms. The molecular formula is C32H33F3N2O5S. The van der Waals surface area contributed by atoms with Crippen LogP contribution >= 0.6 is 0 Å². The molecule has 0 aliphatic carbocycles. The number of piperidine rings is 1. The topological polar surface area (TPSA) is 104 Å². The Morgan fingerprint density at radius 2 is 1.60 bits per heavy atom. The standard InChI is InChI=1S/C32H33F3N2O5S/c1-3-30(40)43(42)27-15-8-22(9-16-27)28(19-38)36-31(41)23-6-13-26(14-7-23)37-18-24(10-17-29(37)20(2)39)21-4-11-25(12-5-21)32(33,34)35/h4-9,11-16,24,28-29,38H,3,10,17-19H2,1-2H3,(H,36,41)/t24?,28-,29-,43?/m0/s1. The van der Waals surface area contributed by atoms with Gasteiger partial charge in [0.05, 0.1) is 24.3 Å². The van der Waals surface area contributed by atoms with Gasteiger partial charge >= 0.3 is 6.18 Å². The largest absolute Gasteiger partial charge is 0.416 e. The van der Waals surface area contributed by atoms with Crippen molar-refractivity contribution in [3.63, 3.8) is 0 Å². The molecule has 1 aliphatic heterocycles. The number of nitrogens with one attached hydrogen (secondary N) is 1. The van der Waals surface area contributed by atoms with Crippen molar-refractivity contribution in [2.45, 2.75) is 62.2 Å². The number of rotatable bonds is 9. The highest BCUT2D eigenvalue weighted by molar-refractivity contribution is 8.00. The van der Waals surface area contributed by atoms with E-state index in [1.807, 2.05) is 4.90 Å². The molecule has 1 heterocycles. The lowest BCUT2D eigenvalue weighted by Gasteiger charge is -2.40. The summed E-state index contributed by atoms with van der Waals surface area (Å²) in [6, 6.07) is 16.9. The number of hydrogen-bond donors (Lipinski definition) is 2. The van der Waals surface area contributed by atoms with Crippen molar-refractivity contribution < 1.29 is 36.9 Å². The van der Waals surface area contributed by atoms with E-state index in [2.05, 4.69) is 5.32 Å². The molecule has 0 radical (unpaired) electrons. The van der Waals surface area contributed by atoms with Crippen molar-refractivity contribution in [2.75, 3.05) is 18.1 Å². The Bertz CT molecular complexity index is 1470. The van der Waals surface area contributed by atoms with E-state index in [0.29, 0.717) is 41.1 Å². The van der Waals surface area contributed by atoms with Crippen LogP contribution < -0.4 is 10.2 Å². The maximum Gasteiger partial charge on any atom is 0.416 e. The second-order valence-electron chi connectivity index (χ2n) is 10.5. The average Bonchev–Trinajstić information content (AvgIpc) is 3.02. The summed E-state index contributed by atoms with van der Waals surface area (Å²) in [6.07, 6.45) is -3.07. The second kappa shape index (κ2) is 13.6. The summed E-state index contributed by atoms with van der Waals surface area (Å²) >= 11 is 0. The van der Waals surface area contributed by atoms with Crippen LogP contribution in [-0.2, 0) is 26.6 Å². The van der Waals surface area contributed by atoms with Crippen LogP contribution in [0.2, 0.25) is 0 Å². The molecule has 0 spiro atoms. The Morgan fingerprint density at radius 3 is 2.14 bits per heavy atom. The van der Waals surface area contributed by atoms with Gasteiger partial charge in [0.2, 0.25) is 5.12 Å². The van der Waals surface area contributed by atoms with E-state index in [0.717, 1.165) is 17.7 Å². The van der Waals surface area contributed by atoms with Gasteiger partial charge in [-0.3, -0.25) is 14.4 Å². The quantitative estimate of drug-likeness (QED) is 0.328. The minimum absolute atomic E-state index is 0.0209. The SMILES string of the molecule is CCC(=O)S(=O)c1ccc([C@H](CO)NC(=O)c2ccc(N3CC(c4ccc(C(F)(F)F)cc4)CC[C@H]3C(C)=O)cc2)cc1. The third kappa shape index (κ3) is 7.58. The molecule has 1 amide bonds. The van der Waals surface area contributed by atoms with Crippen LogP contribution in [0.4, 0.5) is 18.9 Å². The van der Waals surface area contributed by atoms with Gasteiger partial charge in [0.1, 0.15) is 10.8 Å². The third-order valence-electron chi connectivity index (χ3n) is 7.70. The van der Waals surface area contributed by atoms with Crippen molar-refractivity contribution >= 4 is 33.3 Å². The van der Waals surface area contributed by atoms with Gasteiger partial charge < -0.3 is 15.3 Å². The lowest BCUT2D eigenvalue weighted by atomic mass is 9.85. The van der Waals surface area contributed by atoms with Crippen LogP contribution in [0.1, 0.15) is 72.1 Å². The monoisotopic (exact) mass is 614 g/mol. The lowest BCUT2D eigenvalue weighted by Crippen LogP contribution is -2.46. The first-order valence-corrected chi connectivity index (χ1v) is 15.1. The smallest absolute Gasteiger partial charge is 0.394 e. The van der Waals surface area contributed by atoms with Gasteiger partial charge in [-0.15, -0.1) is 0 Å². The summed E-state index contributed by atoms with van der Waals surface area (Å²) in [5.74, 6) is -0.536. The van der Waals surface area contributed by atoms with Crippen molar-refractivity contribution in [3.8, 4) is 0 Å². The molecule has 4 rings (SSSR count). The van der Waals surface area contributed by atoms with Crippen molar-refractivity contribution in [1.29, 1.82) is 0 Å².